The zero-order valence-corrected chi connectivity index (χ0v) is 15.1. The molecular formula is C19H22F3NO3. The van der Waals surface area contributed by atoms with Crippen molar-refractivity contribution >= 4 is 11.9 Å². The molecule has 0 N–H and O–H groups in total. The van der Waals surface area contributed by atoms with Gasteiger partial charge in [0, 0.05) is 24.1 Å². The first-order valence-corrected chi connectivity index (χ1v) is 8.64. The van der Waals surface area contributed by atoms with Gasteiger partial charge in [-0.05, 0) is 57.7 Å². The summed E-state index contributed by atoms with van der Waals surface area (Å²) in [5.74, 6) is -0.234. The number of likely N-dealkylation sites (tertiary alicyclic amines) is 1. The van der Waals surface area contributed by atoms with Crippen LogP contribution in [0.1, 0.15) is 55.1 Å². The summed E-state index contributed by atoms with van der Waals surface area (Å²) >= 11 is 0. The van der Waals surface area contributed by atoms with Gasteiger partial charge in [0.25, 0.3) is 0 Å². The van der Waals surface area contributed by atoms with E-state index in [4.69, 9.17) is 4.74 Å². The molecule has 1 aromatic rings. The van der Waals surface area contributed by atoms with Gasteiger partial charge < -0.3 is 9.64 Å². The third-order valence-corrected chi connectivity index (χ3v) is 5.06. The topological polar surface area (TPSA) is 46.6 Å². The molecule has 1 saturated heterocycles. The Labute approximate surface area is 150 Å². The number of alkyl halides is 3. The van der Waals surface area contributed by atoms with Gasteiger partial charge in [-0.15, -0.1) is 0 Å². The Kier molecular flexibility index (Phi) is 4.32. The maximum Gasteiger partial charge on any atom is 0.416 e. The van der Waals surface area contributed by atoms with Crippen LogP contribution in [0.4, 0.5) is 18.0 Å². The molecule has 3 rings (SSSR count). The lowest BCUT2D eigenvalue weighted by Crippen LogP contribution is -2.47. The van der Waals surface area contributed by atoms with Gasteiger partial charge >= 0.3 is 12.3 Å². The fourth-order valence-corrected chi connectivity index (χ4v) is 3.70. The second-order valence-electron chi connectivity index (χ2n) is 8.12. The normalized spacial score (nSPS) is 19.6. The largest absolute Gasteiger partial charge is 0.444 e. The lowest BCUT2D eigenvalue weighted by Gasteiger charge is -2.38. The molecule has 1 aromatic carbocycles. The zero-order valence-electron chi connectivity index (χ0n) is 15.1. The lowest BCUT2D eigenvalue weighted by atomic mass is 9.75. The SMILES string of the molecule is CC(C)(C)OC(=O)N1CCC2(CC1)Cc1ccc(C(F)(F)F)cc1C2=O. The second kappa shape index (κ2) is 5.99. The Hall–Kier alpha value is -2.05. The number of rotatable bonds is 0. The fourth-order valence-electron chi connectivity index (χ4n) is 3.70. The van der Waals surface area contributed by atoms with E-state index in [1.807, 2.05) is 0 Å². The molecule has 0 atom stereocenters. The molecule has 1 fully saturated rings. The molecule has 142 valence electrons. The molecule has 0 unspecified atom stereocenters. The van der Waals surface area contributed by atoms with Gasteiger partial charge in [-0.3, -0.25) is 4.79 Å². The molecule has 4 nitrogen and oxygen atoms in total. The van der Waals surface area contributed by atoms with Crippen molar-refractivity contribution in [3.05, 3.63) is 34.9 Å². The minimum absolute atomic E-state index is 0.172. The summed E-state index contributed by atoms with van der Waals surface area (Å²) in [6.07, 6.45) is -3.59. The highest BCUT2D eigenvalue weighted by molar-refractivity contribution is 6.05. The summed E-state index contributed by atoms with van der Waals surface area (Å²) in [4.78, 5) is 26.6. The first kappa shape index (κ1) is 18.7. The van der Waals surface area contributed by atoms with E-state index >= 15 is 0 Å². The number of halogens is 3. The van der Waals surface area contributed by atoms with E-state index in [2.05, 4.69) is 0 Å². The highest BCUT2D eigenvalue weighted by Crippen LogP contribution is 2.46. The highest BCUT2D eigenvalue weighted by atomic mass is 19.4. The number of ketones is 1. The van der Waals surface area contributed by atoms with Crippen molar-refractivity contribution in [1.82, 2.24) is 4.90 Å². The van der Waals surface area contributed by atoms with Crippen LogP contribution in [0.2, 0.25) is 0 Å². The number of fused-ring (bicyclic) bond motifs is 1. The summed E-state index contributed by atoms with van der Waals surface area (Å²) in [7, 11) is 0. The van der Waals surface area contributed by atoms with Crippen LogP contribution in [0.5, 0.6) is 0 Å². The number of piperidine rings is 1. The smallest absolute Gasteiger partial charge is 0.416 e. The number of Topliss-reactive ketones (excluding diaryl/α,β-unsaturated/α-hetero) is 1. The molecule has 0 saturated carbocycles. The van der Waals surface area contributed by atoms with E-state index < -0.39 is 28.8 Å². The van der Waals surface area contributed by atoms with Crippen molar-refractivity contribution in [3.8, 4) is 0 Å². The van der Waals surface area contributed by atoms with Crippen LogP contribution >= 0.6 is 0 Å². The van der Waals surface area contributed by atoms with Crippen molar-refractivity contribution in [2.75, 3.05) is 13.1 Å². The molecule has 7 heteroatoms. The average molecular weight is 369 g/mol. The van der Waals surface area contributed by atoms with Crippen molar-refractivity contribution in [2.24, 2.45) is 5.41 Å². The van der Waals surface area contributed by atoms with Gasteiger partial charge in [0.15, 0.2) is 5.78 Å². The minimum Gasteiger partial charge on any atom is -0.444 e. The molecule has 1 heterocycles. The van der Waals surface area contributed by atoms with E-state index in [0.29, 0.717) is 37.9 Å². The number of amides is 1. The molecule has 1 aliphatic carbocycles. The molecule has 2 aliphatic rings. The van der Waals surface area contributed by atoms with Gasteiger partial charge in [0.2, 0.25) is 0 Å². The molecule has 1 aliphatic heterocycles. The lowest BCUT2D eigenvalue weighted by molar-refractivity contribution is -0.137. The van der Waals surface area contributed by atoms with Crippen molar-refractivity contribution in [1.29, 1.82) is 0 Å². The van der Waals surface area contributed by atoms with Gasteiger partial charge in [-0.25, -0.2) is 4.79 Å². The van der Waals surface area contributed by atoms with Crippen LogP contribution in [-0.2, 0) is 17.3 Å². The van der Waals surface area contributed by atoms with Gasteiger partial charge in [0.1, 0.15) is 5.60 Å². The van der Waals surface area contributed by atoms with E-state index in [0.717, 1.165) is 12.1 Å². The first-order valence-electron chi connectivity index (χ1n) is 8.64. The van der Waals surface area contributed by atoms with Crippen molar-refractivity contribution in [2.45, 2.75) is 51.8 Å². The Balaban J connectivity index is 1.74. The quantitative estimate of drug-likeness (QED) is 0.678. The monoisotopic (exact) mass is 369 g/mol. The van der Waals surface area contributed by atoms with E-state index in [-0.39, 0.29) is 11.3 Å². The Morgan fingerprint density at radius 2 is 1.77 bits per heavy atom. The predicted molar refractivity (Wildman–Crippen MR) is 89.0 cm³/mol. The Bertz CT molecular complexity index is 741. The minimum atomic E-state index is -4.47. The summed E-state index contributed by atoms with van der Waals surface area (Å²) in [5, 5.41) is 0. The zero-order chi connectivity index (χ0) is 19.3. The van der Waals surface area contributed by atoms with Gasteiger partial charge in [-0.2, -0.15) is 13.2 Å². The highest BCUT2D eigenvalue weighted by Gasteiger charge is 2.48. The molecule has 1 amide bonds. The van der Waals surface area contributed by atoms with Crippen molar-refractivity contribution < 1.29 is 27.5 Å². The molecular weight excluding hydrogens is 347 g/mol. The van der Waals surface area contributed by atoms with Crippen LogP contribution in [0.15, 0.2) is 18.2 Å². The second-order valence-corrected chi connectivity index (χ2v) is 8.12. The number of benzene rings is 1. The van der Waals surface area contributed by atoms with E-state index in [9.17, 15) is 22.8 Å². The number of carbonyl (C=O) groups is 2. The summed E-state index contributed by atoms with van der Waals surface area (Å²) in [6, 6.07) is 3.40. The summed E-state index contributed by atoms with van der Waals surface area (Å²) < 4.78 is 44.1. The number of hydrogen-bond donors (Lipinski definition) is 0. The molecule has 0 radical (unpaired) electrons. The Morgan fingerprint density at radius 3 is 2.31 bits per heavy atom. The van der Waals surface area contributed by atoms with Gasteiger partial charge in [-0.1, -0.05) is 6.07 Å². The van der Waals surface area contributed by atoms with E-state index in [1.165, 1.54) is 6.07 Å². The van der Waals surface area contributed by atoms with Crippen LogP contribution in [-0.4, -0.2) is 35.5 Å². The van der Waals surface area contributed by atoms with Gasteiger partial charge in [0.05, 0.1) is 5.56 Å². The number of ether oxygens (including phenoxy) is 1. The summed E-state index contributed by atoms with van der Waals surface area (Å²) in [6.45, 7) is 6.07. The number of carbonyl (C=O) groups excluding carboxylic acids is 2. The standard InChI is InChI=1S/C19H22F3NO3/c1-17(2,3)26-16(25)23-8-6-18(7-9-23)11-12-4-5-13(19(20,21)22)10-14(12)15(18)24/h4-5,10H,6-9,11H2,1-3H3. The Morgan fingerprint density at radius 1 is 1.15 bits per heavy atom. The third kappa shape index (κ3) is 3.44. The predicted octanol–water partition coefficient (Wildman–Crippen LogP) is 4.46. The van der Waals surface area contributed by atoms with Crippen LogP contribution in [0.3, 0.4) is 0 Å². The fraction of sp³-hybridized carbons (Fsp3) is 0.579. The molecule has 0 aromatic heterocycles. The van der Waals surface area contributed by atoms with Crippen LogP contribution in [0.25, 0.3) is 0 Å². The summed E-state index contributed by atoms with van der Waals surface area (Å²) in [5.41, 5.74) is -1.27. The molecule has 1 spiro atoms. The number of nitrogens with zero attached hydrogens (tertiary/aromatic N) is 1. The molecule has 0 bridgehead atoms. The van der Waals surface area contributed by atoms with Crippen LogP contribution < -0.4 is 0 Å². The maximum atomic E-state index is 12.9. The average Bonchev–Trinajstić information content (AvgIpc) is 2.77. The molecule has 26 heavy (non-hydrogen) atoms. The maximum absolute atomic E-state index is 12.9. The van der Waals surface area contributed by atoms with Crippen LogP contribution in [0, 0.1) is 5.41 Å². The number of hydrogen-bond acceptors (Lipinski definition) is 3. The van der Waals surface area contributed by atoms with Crippen molar-refractivity contribution in [3.63, 3.8) is 0 Å². The first-order chi connectivity index (χ1) is 11.9. The van der Waals surface area contributed by atoms with E-state index in [1.54, 1.807) is 25.7 Å². The third-order valence-electron chi connectivity index (χ3n) is 5.06.